The molecule has 17 heavy (non-hydrogen) atoms. The molecule has 0 aromatic heterocycles. The highest BCUT2D eigenvalue weighted by Gasteiger charge is 2.34. The normalized spacial score (nSPS) is 21.9. The third kappa shape index (κ3) is 2.92. The van der Waals surface area contributed by atoms with Crippen molar-refractivity contribution in [3.8, 4) is 0 Å². The minimum Gasteiger partial charge on any atom is -0.335 e. The summed E-state index contributed by atoms with van der Waals surface area (Å²) >= 11 is 0. The van der Waals surface area contributed by atoms with Crippen LogP contribution in [0.15, 0.2) is 0 Å². The predicted molar refractivity (Wildman–Crippen MR) is 69.1 cm³/mol. The van der Waals surface area contributed by atoms with Crippen LogP contribution in [0.5, 0.6) is 0 Å². The summed E-state index contributed by atoms with van der Waals surface area (Å²) in [5.74, 6) is 0. The maximum absolute atomic E-state index is 11.9. The molecule has 1 N–H and O–H groups in total. The molecule has 0 atom stereocenters. The number of nitrogens with zero attached hydrogens (tertiary/aromatic N) is 2. The summed E-state index contributed by atoms with van der Waals surface area (Å²) in [6.45, 7) is 8.34. The second-order valence-corrected chi connectivity index (χ2v) is 5.21. The van der Waals surface area contributed by atoms with E-state index in [0.29, 0.717) is 12.1 Å². The van der Waals surface area contributed by atoms with E-state index in [1.807, 2.05) is 4.90 Å². The topological polar surface area (TPSA) is 35.6 Å². The highest BCUT2D eigenvalue weighted by atomic mass is 16.2. The molecule has 1 heterocycles. The Bertz CT molecular complexity index is 253. The summed E-state index contributed by atoms with van der Waals surface area (Å²) in [6, 6.07) is 1.18. The molecule has 0 spiro atoms. The number of likely N-dealkylation sites (N-methyl/N-ethyl adjacent to an activating group) is 1. The lowest BCUT2D eigenvalue weighted by Crippen LogP contribution is -2.63. The highest BCUT2D eigenvalue weighted by molar-refractivity contribution is 5.75. The Morgan fingerprint density at radius 1 is 1.24 bits per heavy atom. The van der Waals surface area contributed by atoms with Crippen LogP contribution in [-0.4, -0.2) is 54.1 Å². The minimum absolute atomic E-state index is 0.153. The Morgan fingerprint density at radius 3 is 2.35 bits per heavy atom. The molecular weight excluding hydrogens is 214 g/mol. The van der Waals surface area contributed by atoms with Gasteiger partial charge in [0.25, 0.3) is 0 Å². The molecule has 2 amide bonds. The Kier molecular flexibility index (Phi) is 4.26. The second-order valence-electron chi connectivity index (χ2n) is 5.21. The van der Waals surface area contributed by atoms with E-state index in [1.54, 1.807) is 0 Å². The molecule has 2 aliphatic rings. The number of rotatable bonds is 4. The van der Waals surface area contributed by atoms with Gasteiger partial charge in [0.2, 0.25) is 0 Å². The summed E-state index contributed by atoms with van der Waals surface area (Å²) < 4.78 is 0. The molecule has 0 bridgehead atoms. The van der Waals surface area contributed by atoms with Crippen molar-refractivity contribution in [2.24, 2.45) is 0 Å². The van der Waals surface area contributed by atoms with E-state index in [2.05, 4.69) is 24.1 Å². The number of hydrogen-bond donors (Lipinski definition) is 1. The largest absolute Gasteiger partial charge is 0.335 e. The van der Waals surface area contributed by atoms with Gasteiger partial charge in [-0.2, -0.15) is 0 Å². The number of carbonyl (C=O) groups excluding carboxylic acids is 1. The van der Waals surface area contributed by atoms with Gasteiger partial charge >= 0.3 is 6.03 Å². The minimum atomic E-state index is 0.153. The molecule has 4 nitrogen and oxygen atoms in total. The number of urea groups is 1. The van der Waals surface area contributed by atoms with E-state index in [1.165, 1.54) is 25.7 Å². The molecule has 98 valence electrons. The molecule has 0 radical (unpaired) electrons. The van der Waals surface area contributed by atoms with Crippen molar-refractivity contribution in [2.45, 2.75) is 51.6 Å². The van der Waals surface area contributed by atoms with E-state index in [4.69, 9.17) is 0 Å². The smallest absolute Gasteiger partial charge is 0.317 e. The number of likely N-dealkylation sites (tertiary alicyclic amines) is 1. The lowest BCUT2D eigenvalue weighted by molar-refractivity contribution is 0.0621. The highest BCUT2D eigenvalue weighted by Crippen LogP contribution is 2.19. The number of amides is 2. The zero-order valence-corrected chi connectivity index (χ0v) is 11.1. The maximum Gasteiger partial charge on any atom is 0.317 e. The quantitative estimate of drug-likeness (QED) is 0.810. The molecule has 2 rings (SSSR count). The van der Waals surface area contributed by atoms with Gasteiger partial charge in [0.15, 0.2) is 0 Å². The summed E-state index contributed by atoms with van der Waals surface area (Å²) in [6.07, 6.45) is 4.87. The van der Waals surface area contributed by atoms with Gasteiger partial charge in [0, 0.05) is 25.2 Å². The Balaban J connectivity index is 1.69. The van der Waals surface area contributed by atoms with Crippen molar-refractivity contribution in [1.82, 2.24) is 15.1 Å². The molecule has 0 aromatic carbocycles. The molecule has 0 unspecified atom stereocenters. The molecule has 1 aliphatic heterocycles. The van der Waals surface area contributed by atoms with Crippen LogP contribution in [0.4, 0.5) is 4.79 Å². The van der Waals surface area contributed by atoms with Gasteiger partial charge in [0.05, 0.1) is 0 Å². The van der Waals surface area contributed by atoms with Gasteiger partial charge in [0.1, 0.15) is 0 Å². The van der Waals surface area contributed by atoms with Crippen LogP contribution < -0.4 is 5.32 Å². The lowest BCUT2D eigenvalue weighted by Gasteiger charge is -2.45. The van der Waals surface area contributed by atoms with E-state index in [9.17, 15) is 4.79 Å². The number of carbonyl (C=O) groups is 1. The van der Waals surface area contributed by atoms with Crippen LogP contribution in [0, 0.1) is 0 Å². The van der Waals surface area contributed by atoms with Gasteiger partial charge in [-0.1, -0.05) is 26.7 Å². The van der Waals surface area contributed by atoms with Crippen LogP contribution in [-0.2, 0) is 0 Å². The Hall–Kier alpha value is -0.770. The molecule has 1 saturated carbocycles. The average molecular weight is 239 g/mol. The van der Waals surface area contributed by atoms with Gasteiger partial charge < -0.3 is 10.2 Å². The van der Waals surface area contributed by atoms with Gasteiger partial charge in [-0.05, 0) is 25.9 Å². The molecule has 4 heteroatoms. The molecule has 0 aromatic rings. The standard InChI is InChI=1S/C13H25N3O/c1-3-15(4-2)12-9-16(10-12)13(17)14-11-7-5-6-8-11/h11-12H,3-10H2,1-2H3,(H,14,17). The van der Waals surface area contributed by atoms with Gasteiger partial charge in [-0.15, -0.1) is 0 Å². The number of nitrogens with one attached hydrogen (secondary N) is 1. The summed E-state index contributed by atoms with van der Waals surface area (Å²) in [4.78, 5) is 16.3. The lowest BCUT2D eigenvalue weighted by atomic mass is 10.1. The van der Waals surface area contributed by atoms with Gasteiger partial charge in [-0.25, -0.2) is 4.79 Å². The van der Waals surface area contributed by atoms with Crippen LogP contribution in [0.25, 0.3) is 0 Å². The summed E-state index contributed by atoms with van der Waals surface area (Å²) in [5, 5.41) is 3.14. The van der Waals surface area contributed by atoms with Crippen LogP contribution in [0.2, 0.25) is 0 Å². The van der Waals surface area contributed by atoms with Crippen molar-refractivity contribution in [3.05, 3.63) is 0 Å². The van der Waals surface area contributed by atoms with Crippen molar-refractivity contribution in [3.63, 3.8) is 0 Å². The van der Waals surface area contributed by atoms with Crippen molar-refractivity contribution in [2.75, 3.05) is 26.2 Å². The van der Waals surface area contributed by atoms with Crippen molar-refractivity contribution >= 4 is 6.03 Å². The first-order valence-electron chi connectivity index (χ1n) is 7.04. The molecular formula is C13H25N3O. The Labute approximate surface area is 104 Å². The maximum atomic E-state index is 11.9. The van der Waals surface area contributed by atoms with E-state index < -0.39 is 0 Å². The SMILES string of the molecule is CCN(CC)C1CN(C(=O)NC2CCCC2)C1. The number of hydrogen-bond acceptors (Lipinski definition) is 2. The van der Waals surface area contributed by atoms with E-state index in [0.717, 1.165) is 26.2 Å². The second kappa shape index (κ2) is 5.71. The van der Waals surface area contributed by atoms with E-state index >= 15 is 0 Å². The van der Waals surface area contributed by atoms with Crippen LogP contribution in [0.1, 0.15) is 39.5 Å². The fourth-order valence-corrected chi connectivity index (χ4v) is 2.93. The predicted octanol–water partition coefficient (Wildman–Crippen LogP) is 1.66. The molecule has 1 saturated heterocycles. The molecule has 1 aliphatic carbocycles. The van der Waals surface area contributed by atoms with Crippen molar-refractivity contribution < 1.29 is 4.79 Å². The zero-order chi connectivity index (χ0) is 12.3. The fourth-order valence-electron chi connectivity index (χ4n) is 2.93. The summed E-state index contributed by atoms with van der Waals surface area (Å²) in [5.41, 5.74) is 0. The van der Waals surface area contributed by atoms with E-state index in [-0.39, 0.29) is 6.03 Å². The van der Waals surface area contributed by atoms with Gasteiger partial charge in [-0.3, -0.25) is 4.90 Å². The first-order chi connectivity index (χ1) is 8.24. The van der Waals surface area contributed by atoms with Crippen LogP contribution in [0.3, 0.4) is 0 Å². The zero-order valence-electron chi connectivity index (χ0n) is 11.1. The first kappa shape index (κ1) is 12.7. The monoisotopic (exact) mass is 239 g/mol. The summed E-state index contributed by atoms with van der Waals surface area (Å²) in [7, 11) is 0. The average Bonchev–Trinajstić information content (AvgIpc) is 2.74. The molecule has 2 fully saturated rings. The Morgan fingerprint density at radius 2 is 1.82 bits per heavy atom. The fraction of sp³-hybridized carbons (Fsp3) is 0.923. The first-order valence-corrected chi connectivity index (χ1v) is 7.04. The third-order valence-electron chi connectivity index (χ3n) is 4.16. The third-order valence-corrected chi connectivity index (χ3v) is 4.16. The van der Waals surface area contributed by atoms with Crippen molar-refractivity contribution in [1.29, 1.82) is 0 Å². The van der Waals surface area contributed by atoms with Crippen LogP contribution >= 0.6 is 0 Å².